The number of hydrogen-bond acceptors (Lipinski definition) is 4. The Balaban J connectivity index is 1.67. The highest BCUT2D eigenvalue weighted by atomic mass is 16.1. The number of anilines is 2. The fourth-order valence-corrected chi connectivity index (χ4v) is 2.79. The smallest absolute Gasteiger partial charge is 0.255 e. The topological polar surface area (TPSA) is 73.9 Å². The molecule has 134 valence electrons. The highest BCUT2D eigenvalue weighted by Gasteiger charge is 2.09. The number of benzene rings is 2. The molecular weight excluding hydrogens is 326 g/mol. The van der Waals surface area contributed by atoms with Crippen LogP contribution in [0.5, 0.6) is 0 Å². The second-order valence-corrected chi connectivity index (χ2v) is 6.00. The summed E-state index contributed by atoms with van der Waals surface area (Å²) >= 11 is 0. The van der Waals surface area contributed by atoms with Crippen molar-refractivity contribution >= 4 is 17.3 Å². The molecule has 6 nitrogen and oxygen atoms in total. The van der Waals surface area contributed by atoms with Crippen LogP contribution in [-0.2, 0) is 0 Å². The van der Waals surface area contributed by atoms with E-state index in [9.17, 15) is 4.79 Å². The van der Waals surface area contributed by atoms with Gasteiger partial charge in [0.1, 0.15) is 5.82 Å². The first kappa shape index (κ1) is 17.7. The Morgan fingerprint density at radius 3 is 2.23 bits per heavy atom. The van der Waals surface area contributed by atoms with Crippen LogP contribution in [0.1, 0.15) is 30.0 Å². The quantitative estimate of drug-likeness (QED) is 0.708. The van der Waals surface area contributed by atoms with Gasteiger partial charge in [0.2, 0.25) is 0 Å². The van der Waals surface area contributed by atoms with Crippen LogP contribution in [0, 0.1) is 6.92 Å². The number of hydrogen-bond donors (Lipinski definition) is 2. The van der Waals surface area contributed by atoms with Crippen molar-refractivity contribution in [2.45, 2.75) is 20.8 Å². The predicted octanol–water partition coefficient (Wildman–Crippen LogP) is 3.88. The standard InChI is InChI=1S/C20H23N5O/c1-4-25(5-2)18-12-8-16(9-13-18)20(26)22-17-10-6-15(7-11-17)19-21-14(3)23-24-19/h6-13H,4-5H2,1-3H3,(H,22,26)(H,21,23,24). The Hall–Kier alpha value is -3.15. The first-order valence-electron chi connectivity index (χ1n) is 8.76. The Labute approximate surface area is 153 Å². The number of amides is 1. The van der Waals surface area contributed by atoms with Gasteiger partial charge in [-0.2, -0.15) is 5.10 Å². The number of H-pyrrole nitrogens is 1. The van der Waals surface area contributed by atoms with E-state index in [0.717, 1.165) is 35.9 Å². The van der Waals surface area contributed by atoms with Crippen molar-refractivity contribution in [2.24, 2.45) is 0 Å². The number of rotatable bonds is 6. The third kappa shape index (κ3) is 3.91. The van der Waals surface area contributed by atoms with Gasteiger partial charge in [-0.25, -0.2) is 4.98 Å². The summed E-state index contributed by atoms with van der Waals surface area (Å²) in [5.41, 5.74) is 3.39. The zero-order chi connectivity index (χ0) is 18.5. The normalized spacial score (nSPS) is 10.6. The van der Waals surface area contributed by atoms with Gasteiger partial charge in [0.05, 0.1) is 0 Å². The van der Waals surface area contributed by atoms with Gasteiger partial charge in [-0.3, -0.25) is 9.89 Å². The fourth-order valence-electron chi connectivity index (χ4n) is 2.79. The minimum absolute atomic E-state index is 0.127. The number of aryl methyl sites for hydroxylation is 1. The number of aromatic nitrogens is 3. The van der Waals surface area contributed by atoms with Crippen LogP contribution in [0.3, 0.4) is 0 Å². The third-order valence-corrected chi connectivity index (χ3v) is 4.26. The van der Waals surface area contributed by atoms with Crippen molar-refractivity contribution in [3.8, 4) is 11.4 Å². The number of aromatic amines is 1. The Kier molecular flexibility index (Phi) is 5.31. The molecule has 3 rings (SSSR count). The molecule has 0 saturated carbocycles. The van der Waals surface area contributed by atoms with Gasteiger partial charge in [0, 0.05) is 35.6 Å². The van der Waals surface area contributed by atoms with Crippen LogP contribution in [0.4, 0.5) is 11.4 Å². The second kappa shape index (κ2) is 7.82. The number of nitrogens with one attached hydrogen (secondary N) is 2. The minimum atomic E-state index is -0.127. The molecule has 2 N–H and O–H groups in total. The van der Waals surface area contributed by atoms with Gasteiger partial charge in [0.15, 0.2) is 5.82 Å². The van der Waals surface area contributed by atoms with Crippen LogP contribution < -0.4 is 10.2 Å². The average molecular weight is 349 g/mol. The molecule has 6 heteroatoms. The summed E-state index contributed by atoms with van der Waals surface area (Å²) < 4.78 is 0. The molecule has 1 aromatic heterocycles. The molecule has 2 aromatic carbocycles. The lowest BCUT2D eigenvalue weighted by molar-refractivity contribution is 0.102. The molecule has 0 spiro atoms. The molecule has 3 aromatic rings. The van der Waals surface area contributed by atoms with Crippen molar-refractivity contribution in [3.63, 3.8) is 0 Å². The van der Waals surface area contributed by atoms with Crippen molar-refractivity contribution in [3.05, 3.63) is 59.9 Å². The maximum absolute atomic E-state index is 12.4. The first-order chi connectivity index (χ1) is 12.6. The molecular formula is C20H23N5O. The summed E-state index contributed by atoms with van der Waals surface area (Å²) in [6.45, 7) is 7.98. The molecule has 1 amide bonds. The van der Waals surface area contributed by atoms with Crippen molar-refractivity contribution in [2.75, 3.05) is 23.3 Å². The molecule has 0 saturated heterocycles. The maximum atomic E-state index is 12.4. The predicted molar refractivity (Wildman–Crippen MR) is 105 cm³/mol. The van der Waals surface area contributed by atoms with E-state index in [1.165, 1.54) is 0 Å². The lowest BCUT2D eigenvalue weighted by Gasteiger charge is -2.21. The van der Waals surface area contributed by atoms with E-state index >= 15 is 0 Å². The summed E-state index contributed by atoms with van der Waals surface area (Å²) in [6, 6.07) is 15.2. The van der Waals surface area contributed by atoms with Crippen LogP contribution >= 0.6 is 0 Å². The highest BCUT2D eigenvalue weighted by molar-refractivity contribution is 6.04. The zero-order valence-electron chi connectivity index (χ0n) is 15.3. The molecule has 0 fully saturated rings. The van der Waals surface area contributed by atoms with Gasteiger partial charge < -0.3 is 10.2 Å². The van der Waals surface area contributed by atoms with Crippen molar-refractivity contribution < 1.29 is 4.79 Å². The summed E-state index contributed by atoms with van der Waals surface area (Å²) in [4.78, 5) is 19.0. The fraction of sp³-hybridized carbons (Fsp3) is 0.250. The van der Waals surface area contributed by atoms with Crippen LogP contribution in [0.15, 0.2) is 48.5 Å². The summed E-state index contributed by atoms with van der Waals surface area (Å²) in [6.07, 6.45) is 0. The van der Waals surface area contributed by atoms with E-state index in [1.54, 1.807) is 0 Å². The van der Waals surface area contributed by atoms with E-state index in [2.05, 4.69) is 39.2 Å². The lowest BCUT2D eigenvalue weighted by atomic mass is 10.1. The summed E-state index contributed by atoms with van der Waals surface area (Å²) in [7, 11) is 0. The summed E-state index contributed by atoms with van der Waals surface area (Å²) in [5, 5.41) is 9.87. The maximum Gasteiger partial charge on any atom is 0.255 e. The van der Waals surface area contributed by atoms with E-state index in [4.69, 9.17) is 0 Å². The zero-order valence-corrected chi connectivity index (χ0v) is 15.3. The molecule has 0 atom stereocenters. The molecule has 0 bridgehead atoms. The van der Waals surface area contributed by atoms with E-state index in [1.807, 2.05) is 55.5 Å². The van der Waals surface area contributed by atoms with E-state index < -0.39 is 0 Å². The lowest BCUT2D eigenvalue weighted by Crippen LogP contribution is -2.21. The average Bonchev–Trinajstić information content (AvgIpc) is 3.10. The Bertz CT molecular complexity index is 864. The van der Waals surface area contributed by atoms with Gasteiger partial charge in [-0.15, -0.1) is 0 Å². The van der Waals surface area contributed by atoms with Crippen LogP contribution in [0.25, 0.3) is 11.4 Å². The number of carbonyl (C=O) groups excluding carboxylic acids is 1. The van der Waals surface area contributed by atoms with Gasteiger partial charge in [0.25, 0.3) is 5.91 Å². The molecule has 26 heavy (non-hydrogen) atoms. The Morgan fingerprint density at radius 1 is 1.04 bits per heavy atom. The summed E-state index contributed by atoms with van der Waals surface area (Å²) in [5.74, 6) is 1.29. The largest absolute Gasteiger partial charge is 0.372 e. The number of carbonyl (C=O) groups is 1. The van der Waals surface area contributed by atoms with Crippen LogP contribution in [-0.4, -0.2) is 34.2 Å². The molecule has 0 aliphatic rings. The van der Waals surface area contributed by atoms with Crippen LogP contribution in [0.2, 0.25) is 0 Å². The van der Waals surface area contributed by atoms with Gasteiger partial charge >= 0.3 is 0 Å². The number of nitrogens with zero attached hydrogens (tertiary/aromatic N) is 3. The van der Waals surface area contributed by atoms with Gasteiger partial charge in [-0.05, 0) is 69.3 Å². The molecule has 0 radical (unpaired) electrons. The van der Waals surface area contributed by atoms with Gasteiger partial charge in [-0.1, -0.05) is 0 Å². The third-order valence-electron chi connectivity index (χ3n) is 4.26. The molecule has 0 unspecified atom stereocenters. The molecule has 0 aliphatic carbocycles. The second-order valence-electron chi connectivity index (χ2n) is 6.00. The molecule has 1 heterocycles. The van der Waals surface area contributed by atoms with Crippen molar-refractivity contribution in [1.82, 2.24) is 15.2 Å². The Morgan fingerprint density at radius 2 is 1.69 bits per heavy atom. The first-order valence-corrected chi connectivity index (χ1v) is 8.76. The SMILES string of the molecule is CCN(CC)c1ccc(C(=O)Nc2ccc(-c3n[nH]c(C)n3)cc2)cc1. The monoisotopic (exact) mass is 349 g/mol. The minimum Gasteiger partial charge on any atom is -0.372 e. The van der Waals surface area contributed by atoms with E-state index in [-0.39, 0.29) is 5.91 Å². The highest BCUT2D eigenvalue weighted by Crippen LogP contribution is 2.19. The van der Waals surface area contributed by atoms with E-state index in [0.29, 0.717) is 11.4 Å². The van der Waals surface area contributed by atoms with Crippen molar-refractivity contribution in [1.29, 1.82) is 0 Å². The molecule has 0 aliphatic heterocycles.